The molecule has 0 saturated carbocycles. The van der Waals surface area contributed by atoms with Gasteiger partial charge in [-0.05, 0) is 56.5 Å². The molecule has 0 aromatic heterocycles. The lowest BCUT2D eigenvalue weighted by molar-refractivity contribution is -0.140. The number of hydrogen-bond donors (Lipinski definition) is 1. The van der Waals surface area contributed by atoms with Gasteiger partial charge in [-0.15, -0.1) is 0 Å². The Morgan fingerprint density at radius 2 is 1.71 bits per heavy atom. The third-order valence-corrected chi connectivity index (χ3v) is 7.42. The number of para-hydroxylation sites is 1. The van der Waals surface area contributed by atoms with Crippen molar-refractivity contribution in [2.24, 2.45) is 0 Å². The largest absolute Gasteiger partial charge is 0.352 e. The van der Waals surface area contributed by atoms with Gasteiger partial charge in [0.15, 0.2) is 0 Å². The molecular formula is C25H33BrFN3O4S. The average Bonchev–Trinajstić information content (AvgIpc) is 2.80. The highest BCUT2D eigenvalue weighted by Gasteiger charge is 2.27. The van der Waals surface area contributed by atoms with Gasteiger partial charge in [-0.1, -0.05) is 47.1 Å². The predicted molar refractivity (Wildman–Crippen MR) is 140 cm³/mol. The van der Waals surface area contributed by atoms with E-state index >= 15 is 0 Å². The molecule has 2 rings (SSSR count). The van der Waals surface area contributed by atoms with E-state index in [2.05, 4.69) is 21.2 Å². The Hall–Kier alpha value is -2.46. The third kappa shape index (κ3) is 8.61. The molecular weight excluding hydrogens is 537 g/mol. The highest BCUT2D eigenvalue weighted by atomic mass is 79.9. The summed E-state index contributed by atoms with van der Waals surface area (Å²) in [5.41, 5.74) is 0.796. The van der Waals surface area contributed by atoms with Crippen LogP contribution >= 0.6 is 15.9 Å². The van der Waals surface area contributed by atoms with Crippen molar-refractivity contribution in [1.29, 1.82) is 0 Å². The second kappa shape index (κ2) is 13.0. The topological polar surface area (TPSA) is 86.8 Å². The fourth-order valence-corrected chi connectivity index (χ4v) is 4.70. The van der Waals surface area contributed by atoms with E-state index in [-0.39, 0.29) is 49.5 Å². The summed E-state index contributed by atoms with van der Waals surface area (Å²) in [6.45, 7) is 5.70. The van der Waals surface area contributed by atoms with Crippen molar-refractivity contribution in [3.63, 3.8) is 0 Å². The monoisotopic (exact) mass is 569 g/mol. The number of amides is 2. The van der Waals surface area contributed by atoms with Crippen LogP contribution in [-0.4, -0.2) is 50.0 Å². The van der Waals surface area contributed by atoms with Gasteiger partial charge < -0.3 is 10.2 Å². The molecule has 0 aliphatic rings. The van der Waals surface area contributed by atoms with Crippen LogP contribution < -0.4 is 9.62 Å². The number of hydrogen-bond acceptors (Lipinski definition) is 4. The first-order chi connectivity index (χ1) is 16.4. The predicted octanol–water partition coefficient (Wildman–Crippen LogP) is 4.47. The number of rotatable bonds is 12. The smallest absolute Gasteiger partial charge is 0.242 e. The van der Waals surface area contributed by atoms with E-state index in [0.29, 0.717) is 0 Å². The maximum atomic E-state index is 14.3. The molecule has 0 radical (unpaired) electrons. The molecule has 2 aromatic rings. The molecule has 0 heterocycles. The van der Waals surface area contributed by atoms with Crippen molar-refractivity contribution in [2.75, 3.05) is 17.1 Å². The summed E-state index contributed by atoms with van der Waals surface area (Å²) in [5, 5.41) is 2.91. The minimum Gasteiger partial charge on any atom is -0.352 e. The van der Waals surface area contributed by atoms with Gasteiger partial charge in [0.05, 0.1) is 11.9 Å². The molecule has 10 heteroatoms. The summed E-state index contributed by atoms with van der Waals surface area (Å²) in [6.07, 6.45) is 1.92. The SMILES string of the molecule is CC[C@@H](C)NC(=O)[C@@H](C)N(Cc1ccc(Br)cc1)C(=O)CCCN(c1ccccc1F)S(C)(=O)=O. The van der Waals surface area contributed by atoms with E-state index in [1.54, 1.807) is 13.0 Å². The summed E-state index contributed by atoms with van der Waals surface area (Å²) in [6, 6.07) is 12.3. The molecule has 192 valence electrons. The maximum absolute atomic E-state index is 14.3. The van der Waals surface area contributed by atoms with Crippen molar-refractivity contribution < 1.29 is 22.4 Å². The summed E-state index contributed by atoms with van der Waals surface area (Å²) in [4.78, 5) is 27.5. The van der Waals surface area contributed by atoms with Crippen LogP contribution in [-0.2, 0) is 26.2 Å². The zero-order valence-corrected chi connectivity index (χ0v) is 22.9. The van der Waals surface area contributed by atoms with Crippen LogP contribution in [0.15, 0.2) is 53.0 Å². The fourth-order valence-electron chi connectivity index (χ4n) is 3.47. The van der Waals surface area contributed by atoms with Gasteiger partial charge >= 0.3 is 0 Å². The van der Waals surface area contributed by atoms with Crippen molar-refractivity contribution >= 4 is 43.5 Å². The Morgan fingerprint density at radius 1 is 1.09 bits per heavy atom. The number of nitrogens with zero attached hydrogens (tertiary/aromatic N) is 2. The number of anilines is 1. The minimum atomic E-state index is -3.76. The number of sulfonamides is 1. The van der Waals surface area contributed by atoms with Crippen molar-refractivity contribution in [1.82, 2.24) is 10.2 Å². The molecule has 35 heavy (non-hydrogen) atoms. The van der Waals surface area contributed by atoms with Gasteiger partial charge in [-0.3, -0.25) is 13.9 Å². The molecule has 0 bridgehead atoms. The lowest BCUT2D eigenvalue weighted by atomic mass is 10.1. The van der Waals surface area contributed by atoms with Gasteiger partial charge in [0.2, 0.25) is 21.8 Å². The Balaban J connectivity index is 2.17. The van der Waals surface area contributed by atoms with Crippen molar-refractivity contribution in [3.05, 3.63) is 64.4 Å². The zero-order valence-electron chi connectivity index (χ0n) is 20.5. The summed E-state index contributed by atoms with van der Waals surface area (Å²) in [5.74, 6) is -1.20. The van der Waals surface area contributed by atoms with Crippen LogP contribution in [0.1, 0.15) is 45.6 Å². The first-order valence-corrected chi connectivity index (χ1v) is 14.1. The maximum Gasteiger partial charge on any atom is 0.242 e. The standard InChI is InChI=1S/C25H33BrFN3O4S/c1-5-18(2)28-25(32)19(3)29(17-20-12-14-21(26)15-13-20)24(31)11-8-16-30(35(4,33)34)23-10-7-6-9-22(23)27/h6-7,9-10,12-15,18-19H,5,8,11,16-17H2,1-4H3,(H,28,32)/t18-,19-/m1/s1. The first-order valence-electron chi connectivity index (χ1n) is 11.5. The molecule has 0 unspecified atom stereocenters. The van der Waals surface area contributed by atoms with Crippen LogP contribution in [0.5, 0.6) is 0 Å². The van der Waals surface area contributed by atoms with Crippen molar-refractivity contribution in [3.8, 4) is 0 Å². The summed E-state index contributed by atoms with van der Waals surface area (Å²) in [7, 11) is -3.76. The second-order valence-electron chi connectivity index (χ2n) is 8.53. The molecule has 1 N–H and O–H groups in total. The van der Waals surface area contributed by atoms with E-state index < -0.39 is 21.9 Å². The van der Waals surface area contributed by atoms with Crippen LogP contribution in [0, 0.1) is 5.82 Å². The first kappa shape index (κ1) is 28.8. The lowest BCUT2D eigenvalue weighted by Crippen LogP contribution is -2.49. The average molecular weight is 571 g/mol. The Kier molecular flexibility index (Phi) is 10.7. The minimum absolute atomic E-state index is 0.00203. The summed E-state index contributed by atoms with van der Waals surface area (Å²) < 4.78 is 40.7. The van der Waals surface area contributed by atoms with Gasteiger partial charge in [0.25, 0.3) is 0 Å². The zero-order chi connectivity index (χ0) is 26.2. The number of carbonyl (C=O) groups excluding carboxylic acids is 2. The van der Waals surface area contributed by atoms with Crippen molar-refractivity contribution in [2.45, 2.75) is 58.7 Å². The second-order valence-corrected chi connectivity index (χ2v) is 11.4. The van der Waals surface area contributed by atoms with Gasteiger partial charge in [0.1, 0.15) is 11.9 Å². The lowest BCUT2D eigenvalue weighted by Gasteiger charge is -2.30. The number of benzene rings is 2. The summed E-state index contributed by atoms with van der Waals surface area (Å²) >= 11 is 3.39. The van der Waals surface area contributed by atoms with Gasteiger partial charge in [0, 0.05) is 30.0 Å². The van der Waals surface area contributed by atoms with Crippen LogP contribution in [0.4, 0.5) is 10.1 Å². The Morgan fingerprint density at radius 3 is 2.29 bits per heavy atom. The normalized spacial score (nSPS) is 13.1. The highest BCUT2D eigenvalue weighted by molar-refractivity contribution is 9.10. The van der Waals surface area contributed by atoms with E-state index in [9.17, 15) is 22.4 Å². The van der Waals surface area contributed by atoms with Gasteiger partial charge in [-0.2, -0.15) is 0 Å². The Bertz CT molecular complexity index is 1110. The number of carbonyl (C=O) groups is 2. The third-order valence-electron chi connectivity index (χ3n) is 5.71. The van der Waals surface area contributed by atoms with E-state index in [1.165, 1.54) is 23.1 Å². The van der Waals surface area contributed by atoms with E-state index in [1.807, 2.05) is 38.1 Å². The molecule has 2 aromatic carbocycles. The van der Waals surface area contributed by atoms with E-state index in [0.717, 1.165) is 27.0 Å². The molecule has 0 saturated heterocycles. The molecule has 7 nitrogen and oxygen atoms in total. The van der Waals surface area contributed by atoms with Crippen LogP contribution in [0.2, 0.25) is 0 Å². The fraction of sp³-hybridized carbons (Fsp3) is 0.440. The molecule has 0 fully saturated rings. The molecule has 0 aliphatic heterocycles. The number of nitrogens with one attached hydrogen (secondary N) is 1. The molecule has 0 aliphatic carbocycles. The molecule has 0 spiro atoms. The molecule has 2 amide bonds. The van der Waals surface area contributed by atoms with Crippen LogP contribution in [0.25, 0.3) is 0 Å². The number of halogens is 2. The Labute approximate surface area is 215 Å². The quantitative estimate of drug-likeness (QED) is 0.408. The van der Waals surface area contributed by atoms with Gasteiger partial charge in [-0.25, -0.2) is 12.8 Å². The molecule has 2 atom stereocenters. The highest BCUT2D eigenvalue weighted by Crippen LogP contribution is 2.22. The van der Waals surface area contributed by atoms with E-state index in [4.69, 9.17) is 0 Å². The van der Waals surface area contributed by atoms with Crippen LogP contribution in [0.3, 0.4) is 0 Å².